The van der Waals surface area contributed by atoms with E-state index in [4.69, 9.17) is 0 Å². The maximum absolute atomic E-state index is 12.4. The van der Waals surface area contributed by atoms with Crippen molar-refractivity contribution in [1.82, 2.24) is 19.7 Å². The molecule has 26 heavy (non-hydrogen) atoms. The minimum absolute atomic E-state index is 0.00705. The van der Waals surface area contributed by atoms with Crippen molar-refractivity contribution in [3.8, 4) is 16.5 Å². The van der Waals surface area contributed by atoms with E-state index >= 15 is 0 Å². The number of H-pyrrole nitrogens is 1. The minimum atomic E-state index is -0.116. The summed E-state index contributed by atoms with van der Waals surface area (Å²) in [5.41, 5.74) is 2.23. The average Bonchev–Trinajstić information content (AvgIpc) is 3.03. The third-order valence-corrected chi connectivity index (χ3v) is 5.70. The van der Waals surface area contributed by atoms with Crippen LogP contribution in [0.5, 0.6) is 0 Å². The van der Waals surface area contributed by atoms with Gasteiger partial charge in [-0.25, -0.2) is 4.98 Å². The van der Waals surface area contributed by atoms with Crippen molar-refractivity contribution in [2.75, 3.05) is 5.32 Å². The van der Waals surface area contributed by atoms with Gasteiger partial charge in [0, 0.05) is 17.5 Å². The lowest BCUT2D eigenvalue weighted by Crippen LogP contribution is -2.21. The summed E-state index contributed by atoms with van der Waals surface area (Å²) in [6.45, 7) is 0. The van der Waals surface area contributed by atoms with Gasteiger partial charge >= 0.3 is 0 Å². The smallest absolute Gasteiger partial charge is 0.255 e. The van der Waals surface area contributed by atoms with E-state index in [0.717, 1.165) is 53.9 Å². The lowest BCUT2D eigenvalue weighted by atomic mass is 10.3. The third kappa shape index (κ3) is 2.66. The first-order chi connectivity index (χ1) is 12.7. The molecule has 0 unspecified atom stereocenters. The largest absolute Gasteiger partial charge is 0.310 e. The first-order valence-corrected chi connectivity index (χ1v) is 9.64. The number of aromatic amines is 1. The zero-order valence-electron chi connectivity index (χ0n) is 14.0. The Labute approximate surface area is 153 Å². The number of carbonyl (C=O) groups is 1. The summed E-state index contributed by atoms with van der Waals surface area (Å²) in [6, 6.07) is 5.76. The van der Waals surface area contributed by atoms with E-state index in [9.17, 15) is 9.59 Å². The van der Waals surface area contributed by atoms with E-state index in [1.807, 2.05) is 23.6 Å². The molecule has 3 heterocycles. The molecule has 0 aliphatic heterocycles. The standard InChI is InChI=1S/C18H17N5O2S/c24-16(10-6-7-10)20-15-9-13(14-5-2-8-26-14)22-23(15)18-19-12-4-1-3-11(12)17(25)21-18/h2,5,8-10H,1,3-4,6-7H2,(H,20,24)(H,19,21,25). The number of rotatable bonds is 4. The van der Waals surface area contributed by atoms with Gasteiger partial charge in [-0.2, -0.15) is 9.78 Å². The van der Waals surface area contributed by atoms with Crippen LogP contribution in [0.4, 0.5) is 5.82 Å². The topological polar surface area (TPSA) is 92.7 Å². The van der Waals surface area contributed by atoms with Crippen LogP contribution in [0.15, 0.2) is 28.4 Å². The van der Waals surface area contributed by atoms with Crippen molar-refractivity contribution in [2.45, 2.75) is 32.1 Å². The molecule has 2 N–H and O–H groups in total. The number of anilines is 1. The summed E-state index contributed by atoms with van der Waals surface area (Å²) in [4.78, 5) is 33.1. The Morgan fingerprint density at radius 2 is 2.23 bits per heavy atom. The summed E-state index contributed by atoms with van der Waals surface area (Å²) in [6.07, 6.45) is 4.36. The van der Waals surface area contributed by atoms with Crippen molar-refractivity contribution in [3.63, 3.8) is 0 Å². The van der Waals surface area contributed by atoms with Gasteiger partial charge in [-0.1, -0.05) is 6.07 Å². The van der Waals surface area contributed by atoms with Gasteiger partial charge < -0.3 is 5.32 Å². The number of thiophene rings is 1. The summed E-state index contributed by atoms with van der Waals surface area (Å²) in [5.74, 6) is 0.957. The van der Waals surface area contributed by atoms with Gasteiger partial charge in [-0.3, -0.25) is 14.6 Å². The van der Waals surface area contributed by atoms with E-state index < -0.39 is 0 Å². The predicted molar refractivity (Wildman–Crippen MR) is 98.7 cm³/mol. The molecule has 2 aliphatic carbocycles. The Hall–Kier alpha value is -2.74. The van der Waals surface area contributed by atoms with E-state index in [2.05, 4.69) is 20.4 Å². The second kappa shape index (κ2) is 5.91. The van der Waals surface area contributed by atoms with Crippen LogP contribution in [0.3, 0.4) is 0 Å². The number of nitrogens with one attached hydrogen (secondary N) is 2. The maximum atomic E-state index is 12.4. The Morgan fingerprint density at radius 1 is 1.35 bits per heavy atom. The molecule has 3 aromatic heterocycles. The van der Waals surface area contributed by atoms with Crippen molar-refractivity contribution in [1.29, 1.82) is 0 Å². The molecule has 0 saturated heterocycles. The lowest BCUT2D eigenvalue weighted by Gasteiger charge is -2.08. The number of hydrogen-bond donors (Lipinski definition) is 2. The summed E-state index contributed by atoms with van der Waals surface area (Å²) >= 11 is 1.57. The molecule has 7 nitrogen and oxygen atoms in total. The van der Waals surface area contributed by atoms with Gasteiger partial charge in [0.15, 0.2) is 0 Å². The zero-order chi connectivity index (χ0) is 17.7. The lowest BCUT2D eigenvalue weighted by molar-refractivity contribution is -0.117. The van der Waals surface area contributed by atoms with Gasteiger partial charge in [0.1, 0.15) is 11.5 Å². The van der Waals surface area contributed by atoms with Gasteiger partial charge in [0.05, 0.1) is 10.6 Å². The quantitative estimate of drug-likeness (QED) is 0.741. The van der Waals surface area contributed by atoms with E-state index in [0.29, 0.717) is 11.8 Å². The molecule has 1 fully saturated rings. The van der Waals surface area contributed by atoms with Gasteiger partial charge in [0.2, 0.25) is 11.9 Å². The molecular formula is C18H17N5O2S. The van der Waals surface area contributed by atoms with Crippen LogP contribution in [0, 0.1) is 5.92 Å². The molecule has 132 valence electrons. The molecular weight excluding hydrogens is 350 g/mol. The number of nitrogens with zero attached hydrogens (tertiary/aromatic N) is 3. The highest BCUT2D eigenvalue weighted by Gasteiger charge is 2.31. The first-order valence-electron chi connectivity index (χ1n) is 8.76. The highest BCUT2D eigenvalue weighted by atomic mass is 32.1. The number of aromatic nitrogens is 4. The highest BCUT2D eigenvalue weighted by Crippen LogP contribution is 2.32. The molecule has 0 aromatic carbocycles. The van der Waals surface area contributed by atoms with Crippen molar-refractivity contribution >= 4 is 23.1 Å². The molecule has 5 rings (SSSR count). The fraction of sp³-hybridized carbons (Fsp3) is 0.333. The molecule has 1 saturated carbocycles. The average molecular weight is 367 g/mol. The van der Waals surface area contributed by atoms with Gasteiger partial charge in [-0.15, -0.1) is 11.3 Å². The molecule has 0 atom stereocenters. The zero-order valence-corrected chi connectivity index (χ0v) is 14.8. The van der Waals surface area contributed by atoms with Crippen molar-refractivity contribution in [3.05, 3.63) is 45.2 Å². The Balaban J connectivity index is 1.61. The molecule has 2 aliphatic rings. The Kier molecular flexibility index (Phi) is 3.53. The van der Waals surface area contributed by atoms with Crippen LogP contribution >= 0.6 is 11.3 Å². The molecule has 1 amide bonds. The van der Waals surface area contributed by atoms with Crippen LogP contribution in [0.2, 0.25) is 0 Å². The number of amides is 1. The highest BCUT2D eigenvalue weighted by molar-refractivity contribution is 7.13. The third-order valence-electron chi connectivity index (χ3n) is 4.81. The molecule has 3 aromatic rings. The van der Waals surface area contributed by atoms with Crippen LogP contribution in [0.25, 0.3) is 16.5 Å². The predicted octanol–water partition coefficient (Wildman–Crippen LogP) is 2.52. The summed E-state index contributed by atoms with van der Waals surface area (Å²) in [7, 11) is 0. The Bertz CT molecular complexity index is 1050. The van der Waals surface area contributed by atoms with Crippen LogP contribution in [-0.2, 0) is 17.6 Å². The SMILES string of the molecule is O=C(Nc1cc(-c2cccs2)nn1-c1nc2c(c(=O)[nH]1)CCC2)C1CC1. The second-order valence-corrected chi connectivity index (χ2v) is 7.68. The number of aryl methyl sites for hydroxylation is 1. The number of hydrogen-bond acceptors (Lipinski definition) is 5. The fourth-order valence-electron chi connectivity index (χ4n) is 3.28. The molecule has 0 spiro atoms. The monoisotopic (exact) mass is 367 g/mol. The molecule has 0 radical (unpaired) electrons. The van der Waals surface area contributed by atoms with Crippen LogP contribution < -0.4 is 10.9 Å². The fourth-order valence-corrected chi connectivity index (χ4v) is 3.96. The molecule has 0 bridgehead atoms. The van der Waals surface area contributed by atoms with Gasteiger partial charge in [0.25, 0.3) is 5.56 Å². The van der Waals surface area contributed by atoms with E-state index in [1.165, 1.54) is 4.68 Å². The van der Waals surface area contributed by atoms with Crippen molar-refractivity contribution < 1.29 is 4.79 Å². The normalized spacial score (nSPS) is 15.8. The first kappa shape index (κ1) is 15.5. The number of fused-ring (bicyclic) bond motifs is 1. The maximum Gasteiger partial charge on any atom is 0.255 e. The minimum Gasteiger partial charge on any atom is -0.310 e. The summed E-state index contributed by atoms with van der Waals surface area (Å²) < 4.78 is 1.54. The number of carbonyl (C=O) groups excluding carboxylic acids is 1. The van der Waals surface area contributed by atoms with Crippen molar-refractivity contribution in [2.24, 2.45) is 5.92 Å². The molecule has 8 heteroatoms. The van der Waals surface area contributed by atoms with Crippen LogP contribution in [-0.4, -0.2) is 25.7 Å². The van der Waals surface area contributed by atoms with Gasteiger partial charge in [-0.05, 0) is 43.6 Å². The van der Waals surface area contributed by atoms with Crippen LogP contribution in [0.1, 0.15) is 30.5 Å². The second-order valence-electron chi connectivity index (χ2n) is 6.74. The summed E-state index contributed by atoms with van der Waals surface area (Å²) in [5, 5.41) is 9.53. The Morgan fingerprint density at radius 3 is 3.00 bits per heavy atom. The van der Waals surface area contributed by atoms with E-state index in [1.54, 1.807) is 11.3 Å². The van der Waals surface area contributed by atoms with E-state index in [-0.39, 0.29) is 17.4 Å².